The third-order valence-electron chi connectivity index (χ3n) is 5.59. The summed E-state index contributed by atoms with van der Waals surface area (Å²) in [6, 6.07) is 4.43. The zero-order chi connectivity index (χ0) is 15.0. The standard InChI is InChI=1S/C18H25NO2/c1-4-18-10-6-5-7-13(18)14(19-2)11-12-8-9-15(21-3)17(20)16(12)18/h4,8-9,13-14,19-20H,1,5-7,10-11H2,2-3H3/t13-,14-,18+/m1/s1. The number of allylic oxidation sites excluding steroid dienone is 1. The van der Waals surface area contributed by atoms with Crippen LogP contribution in [0.4, 0.5) is 0 Å². The molecule has 3 nitrogen and oxygen atoms in total. The van der Waals surface area contributed by atoms with E-state index >= 15 is 0 Å². The number of hydrogen-bond donors (Lipinski definition) is 2. The van der Waals surface area contributed by atoms with Crippen LogP contribution in [0.1, 0.15) is 36.8 Å². The van der Waals surface area contributed by atoms with Crippen LogP contribution < -0.4 is 10.1 Å². The highest BCUT2D eigenvalue weighted by molar-refractivity contribution is 5.57. The lowest BCUT2D eigenvalue weighted by atomic mass is 9.55. The first-order valence-electron chi connectivity index (χ1n) is 7.88. The fourth-order valence-electron chi connectivity index (χ4n) is 4.60. The Bertz CT molecular complexity index is 554. The summed E-state index contributed by atoms with van der Waals surface area (Å²) in [4.78, 5) is 0. The first-order valence-corrected chi connectivity index (χ1v) is 7.88. The molecule has 0 spiro atoms. The third kappa shape index (κ3) is 1.98. The molecule has 3 heteroatoms. The Balaban J connectivity index is 2.23. The minimum absolute atomic E-state index is 0.127. The summed E-state index contributed by atoms with van der Waals surface area (Å²) in [6.07, 6.45) is 7.75. The lowest BCUT2D eigenvalue weighted by molar-refractivity contribution is 0.161. The van der Waals surface area contributed by atoms with Gasteiger partial charge in [0.2, 0.25) is 0 Å². The van der Waals surface area contributed by atoms with E-state index in [1.165, 1.54) is 24.8 Å². The van der Waals surface area contributed by atoms with Crippen LogP contribution in [0.3, 0.4) is 0 Å². The van der Waals surface area contributed by atoms with Crippen molar-refractivity contribution in [2.45, 2.75) is 43.6 Å². The van der Waals surface area contributed by atoms with Crippen LogP contribution in [-0.4, -0.2) is 25.3 Å². The Hall–Kier alpha value is -1.48. The van der Waals surface area contributed by atoms with Gasteiger partial charge in [-0.15, -0.1) is 6.58 Å². The van der Waals surface area contributed by atoms with Crippen molar-refractivity contribution in [1.82, 2.24) is 5.32 Å². The molecule has 1 aromatic carbocycles. The van der Waals surface area contributed by atoms with E-state index in [1.54, 1.807) is 7.11 Å². The molecule has 0 amide bonds. The summed E-state index contributed by atoms with van der Waals surface area (Å²) in [5.74, 6) is 1.39. The van der Waals surface area contributed by atoms with Gasteiger partial charge < -0.3 is 15.2 Å². The van der Waals surface area contributed by atoms with Gasteiger partial charge in [-0.05, 0) is 43.9 Å². The Morgan fingerprint density at radius 2 is 2.24 bits per heavy atom. The maximum atomic E-state index is 10.7. The van der Waals surface area contributed by atoms with E-state index in [2.05, 4.69) is 24.0 Å². The number of phenolic OH excluding ortho intramolecular Hbond substituents is 1. The summed E-state index contributed by atoms with van der Waals surface area (Å²) < 4.78 is 5.33. The maximum absolute atomic E-state index is 10.7. The number of rotatable bonds is 3. The fraction of sp³-hybridized carbons (Fsp3) is 0.556. The summed E-state index contributed by atoms with van der Waals surface area (Å²) in [5.41, 5.74) is 2.16. The van der Waals surface area contributed by atoms with Crippen molar-refractivity contribution >= 4 is 0 Å². The van der Waals surface area contributed by atoms with Crippen molar-refractivity contribution in [2.75, 3.05) is 14.2 Å². The highest BCUT2D eigenvalue weighted by atomic mass is 16.5. The van der Waals surface area contributed by atoms with Crippen molar-refractivity contribution in [2.24, 2.45) is 5.92 Å². The third-order valence-corrected chi connectivity index (χ3v) is 5.59. The molecule has 1 fully saturated rings. The molecule has 114 valence electrons. The van der Waals surface area contributed by atoms with Gasteiger partial charge in [0, 0.05) is 17.0 Å². The molecule has 21 heavy (non-hydrogen) atoms. The number of likely N-dealkylation sites (N-methyl/N-ethyl adjacent to an activating group) is 1. The fourth-order valence-corrected chi connectivity index (χ4v) is 4.60. The number of aromatic hydroxyl groups is 1. The number of ether oxygens (including phenoxy) is 1. The van der Waals surface area contributed by atoms with Crippen molar-refractivity contribution in [3.63, 3.8) is 0 Å². The topological polar surface area (TPSA) is 41.5 Å². The highest BCUT2D eigenvalue weighted by Crippen LogP contribution is 2.55. The maximum Gasteiger partial charge on any atom is 0.162 e. The van der Waals surface area contributed by atoms with E-state index in [0.717, 1.165) is 18.4 Å². The van der Waals surface area contributed by atoms with Gasteiger partial charge in [-0.3, -0.25) is 0 Å². The monoisotopic (exact) mass is 287 g/mol. The molecule has 1 aromatic rings. The van der Waals surface area contributed by atoms with Crippen LogP contribution in [-0.2, 0) is 11.8 Å². The molecule has 0 radical (unpaired) electrons. The molecule has 3 atom stereocenters. The number of benzene rings is 1. The second-order valence-corrected chi connectivity index (χ2v) is 6.35. The number of phenols is 1. The van der Waals surface area contributed by atoms with Gasteiger partial charge in [-0.2, -0.15) is 0 Å². The summed E-state index contributed by atoms with van der Waals surface area (Å²) in [6.45, 7) is 4.14. The van der Waals surface area contributed by atoms with Crippen LogP contribution in [0.25, 0.3) is 0 Å². The molecule has 2 N–H and O–H groups in total. The molecular formula is C18H25NO2. The van der Waals surface area contributed by atoms with E-state index in [9.17, 15) is 5.11 Å². The highest BCUT2D eigenvalue weighted by Gasteiger charge is 2.49. The molecule has 0 unspecified atom stereocenters. The van der Waals surface area contributed by atoms with E-state index in [4.69, 9.17) is 4.74 Å². The van der Waals surface area contributed by atoms with Gasteiger partial charge in [0.05, 0.1) is 7.11 Å². The number of hydrogen-bond acceptors (Lipinski definition) is 3. The van der Waals surface area contributed by atoms with Crippen LogP contribution in [0.5, 0.6) is 11.5 Å². The summed E-state index contributed by atoms with van der Waals surface area (Å²) in [7, 11) is 3.65. The quantitative estimate of drug-likeness (QED) is 0.839. The Morgan fingerprint density at radius 1 is 1.43 bits per heavy atom. The minimum atomic E-state index is -0.127. The molecule has 2 aliphatic carbocycles. The average molecular weight is 287 g/mol. The van der Waals surface area contributed by atoms with E-state index < -0.39 is 0 Å². The van der Waals surface area contributed by atoms with E-state index in [1.807, 2.05) is 13.1 Å². The van der Waals surface area contributed by atoms with Gasteiger partial charge in [0.1, 0.15) is 0 Å². The second-order valence-electron chi connectivity index (χ2n) is 6.35. The number of methoxy groups -OCH3 is 1. The van der Waals surface area contributed by atoms with Crippen molar-refractivity contribution < 1.29 is 9.84 Å². The molecular weight excluding hydrogens is 262 g/mol. The smallest absolute Gasteiger partial charge is 0.162 e. The number of fused-ring (bicyclic) bond motifs is 3. The van der Waals surface area contributed by atoms with Crippen LogP contribution in [0, 0.1) is 5.92 Å². The molecule has 0 aromatic heterocycles. The van der Waals surface area contributed by atoms with Gasteiger partial charge in [-0.1, -0.05) is 25.0 Å². The molecule has 0 heterocycles. The second kappa shape index (κ2) is 5.38. The molecule has 3 rings (SSSR count). The van der Waals surface area contributed by atoms with Crippen LogP contribution in [0.2, 0.25) is 0 Å². The van der Waals surface area contributed by atoms with E-state index in [0.29, 0.717) is 23.5 Å². The van der Waals surface area contributed by atoms with Crippen LogP contribution in [0.15, 0.2) is 24.8 Å². The van der Waals surface area contributed by atoms with Gasteiger partial charge in [0.15, 0.2) is 11.5 Å². The molecule has 2 aliphatic rings. The van der Waals surface area contributed by atoms with Crippen molar-refractivity contribution in [1.29, 1.82) is 0 Å². The van der Waals surface area contributed by atoms with Crippen LogP contribution >= 0.6 is 0 Å². The predicted octanol–water partition coefficient (Wildman–Crippen LogP) is 3.16. The van der Waals surface area contributed by atoms with E-state index in [-0.39, 0.29) is 5.41 Å². The largest absolute Gasteiger partial charge is 0.504 e. The zero-order valence-electron chi connectivity index (χ0n) is 13.0. The Kier molecular flexibility index (Phi) is 3.70. The zero-order valence-corrected chi connectivity index (χ0v) is 13.0. The Labute approximate surface area is 127 Å². The number of nitrogens with one attached hydrogen (secondary N) is 1. The minimum Gasteiger partial charge on any atom is -0.504 e. The van der Waals surface area contributed by atoms with Gasteiger partial charge in [-0.25, -0.2) is 0 Å². The lowest BCUT2D eigenvalue weighted by Gasteiger charge is -2.50. The molecule has 0 saturated heterocycles. The van der Waals surface area contributed by atoms with Gasteiger partial charge in [0.25, 0.3) is 0 Å². The summed E-state index contributed by atoms with van der Waals surface area (Å²) in [5, 5.41) is 14.2. The summed E-state index contributed by atoms with van der Waals surface area (Å²) >= 11 is 0. The first-order chi connectivity index (χ1) is 10.2. The lowest BCUT2D eigenvalue weighted by Crippen LogP contribution is -2.52. The molecule has 1 saturated carbocycles. The average Bonchev–Trinajstić information content (AvgIpc) is 2.53. The van der Waals surface area contributed by atoms with Crippen molar-refractivity contribution in [3.05, 3.63) is 35.9 Å². The molecule has 0 bridgehead atoms. The first kappa shape index (κ1) is 14.5. The predicted molar refractivity (Wildman–Crippen MR) is 85.0 cm³/mol. The SMILES string of the molecule is C=C[C@]12CCCC[C@@H]1[C@H](NC)Cc1ccc(OC)c(O)c12. The van der Waals surface area contributed by atoms with Gasteiger partial charge >= 0.3 is 0 Å². The normalized spacial score (nSPS) is 31.1. The Morgan fingerprint density at radius 3 is 2.90 bits per heavy atom. The molecule has 0 aliphatic heterocycles. The van der Waals surface area contributed by atoms with Crippen molar-refractivity contribution in [3.8, 4) is 11.5 Å².